The highest BCUT2D eigenvalue weighted by molar-refractivity contribution is 5.78. The summed E-state index contributed by atoms with van der Waals surface area (Å²) in [6, 6.07) is 12.1. The van der Waals surface area contributed by atoms with Gasteiger partial charge in [-0.2, -0.15) is 0 Å². The zero-order valence-electron chi connectivity index (χ0n) is 18.8. The molecule has 5 heteroatoms. The van der Waals surface area contributed by atoms with Gasteiger partial charge >= 0.3 is 0 Å². The van der Waals surface area contributed by atoms with Gasteiger partial charge in [0, 0.05) is 44.8 Å². The van der Waals surface area contributed by atoms with Crippen molar-refractivity contribution in [1.82, 2.24) is 19.6 Å². The average Bonchev–Trinajstić information content (AvgIpc) is 2.81. The second-order valence-electron chi connectivity index (χ2n) is 9.62. The molecule has 0 saturated carbocycles. The number of amides is 1. The molecule has 0 radical (unpaired) electrons. The second kappa shape index (κ2) is 10.7. The fraction of sp³-hybridized carbons (Fsp3) is 0.720. The number of hydrogen-bond acceptors (Lipinski definition) is 4. The number of piperidine rings is 3. The van der Waals surface area contributed by atoms with E-state index in [4.69, 9.17) is 0 Å². The second-order valence-corrected chi connectivity index (χ2v) is 9.62. The summed E-state index contributed by atoms with van der Waals surface area (Å²) in [5.41, 5.74) is 1.38. The van der Waals surface area contributed by atoms with Crippen molar-refractivity contribution in [3.05, 3.63) is 35.9 Å². The zero-order valence-corrected chi connectivity index (χ0v) is 18.8. The first-order valence-electron chi connectivity index (χ1n) is 12.2. The Labute approximate surface area is 183 Å². The van der Waals surface area contributed by atoms with E-state index in [-0.39, 0.29) is 0 Å². The number of likely N-dealkylation sites (tertiary alicyclic amines) is 3. The molecular weight excluding hydrogens is 372 g/mol. The van der Waals surface area contributed by atoms with Gasteiger partial charge in [-0.25, -0.2) is 0 Å². The van der Waals surface area contributed by atoms with Crippen LogP contribution < -0.4 is 0 Å². The van der Waals surface area contributed by atoms with E-state index in [1.54, 1.807) is 0 Å². The standard InChI is InChI=1S/C25H40N4O/c1-26(20-22-8-4-2-5-9-22)23-10-16-27(17-11-23)21-25(30)29-18-12-24(13-19-29)28-14-6-3-7-15-28/h2,4-5,8-9,23-24H,3,6-7,10-21H2,1H3. The molecule has 3 aliphatic heterocycles. The third kappa shape index (κ3) is 5.83. The van der Waals surface area contributed by atoms with E-state index in [2.05, 4.69) is 57.0 Å². The Balaban J connectivity index is 1.16. The van der Waals surface area contributed by atoms with E-state index in [0.29, 0.717) is 24.5 Å². The monoisotopic (exact) mass is 412 g/mol. The molecule has 0 atom stereocenters. The molecule has 0 aromatic heterocycles. The minimum Gasteiger partial charge on any atom is -0.341 e. The van der Waals surface area contributed by atoms with Crippen LogP contribution in [0.1, 0.15) is 50.5 Å². The van der Waals surface area contributed by atoms with Gasteiger partial charge in [0.1, 0.15) is 0 Å². The molecule has 166 valence electrons. The maximum atomic E-state index is 12.9. The lowest BCUT2D eigenvalue weighted by atomic mass is 9.99. The molecule has 3 fully saturated rings. The van der Waals surface area contributed by atoms with Crippen LogP contribution in [0.2, 0.25) is 0 Å². The van der Waals surface area contributed by atoms with Crippen molar-refractivity contribution in [2.24, 2.45) is 0 Å². The summed E-state index contributed by atoms with van der Waals surface area (Å²) in [5, 5.41) is 0. The zero-order chi connectivity index (χ0) is 20.8. The summed E-state index contributed by atoms with van der Waals surface area (Å²) in [5.74, 6) is 0.350. The molecule has 0 spiro atoms. The molecule has 5 nitrogen and oxygen atoms in total. The SMILES string of the molecule is CN(Cc1ccccc1)C1CCN(CC(=O)N2CCC(N3CCCCC3)CC2)CC1. The molecule has 0 bridgehead atoms. The molecule has 4 rings (SSSR count). The van der Waals surface area contributed by atoms with Crippen LogP contribution in [0.4, 0.5) is 0 Å². The molecule has 1 amide bonds. The first kappa shape index (κ1) is 21.8. The highest BCUT2D eigenvalue weighted by Crippen LogP contribution is 2.22. The number of hydrogen-bond donors (Lipinski definition) is 0. The smallest absolute Gasteiger partial charge is 0.236 e. The molecule has 30 heavy (non-hydrogen) atoms. The predicted octanol–water partition coefficient (Wildman–Crippen LogP) is 3.06. The third-order valence-electron chi connectivity index (χ3n) is 7.54. The quantitative estimate of drug-likeness (QED) is 0.718. The lowest BCUT2D eigenvalue weighted by Gasteiger charge is -2.41. The van der Waals surface area contributed by atoms with Gasteiger partial charge in [0.15, 0.2) is 0 Å². The van der Waals surface area contributed by atoms with Crippen LogP contribution in [-0.4, -0.2) is 90.5 Å². The summed E-state index contributed by atoms with van der Waals surface area (Å²) in [7, 11) is 2.24. The molecule has 0 aliphatic carbocycles. The van der Waals surface area contributed by atoms with Gasteiger partial charge in [0.2, 0.25) is 5.91 Å². The molecule has 3 saturated heterocycles. The Kier molecular flexibility index (Phi) is 7.80. The van der Waals surface area contributed by atoms with Crippen molar-refractivity contribution in [1.29, 1.82) is 0 Å². The van der Waals surface area contributed by atoms with Crippen LogP contribution in [0.5, 0.6) is 0 Å². The summed E-state index contributed by atoms with van der Waals surface area (Å²) >= 11 is 0. The largest absolute Gasteiger partial charge is 0.341 e. The lowest BCUT2D eigenvalue weighted by Crippen LogP contribution is -2.51. The number of benzene rings is 1. The van der Waals surface area contributed by atoms with E-state index < -0.39 is 0 Å². The van der Waals surface area contributed by atoms with Gasteiger partial charge in [-0.1, -0.05) is 36.8 Å². The van der Waals surface area contributed by atoms with Gasteiger partial charge in [-0.05, 0) is 64.2 Å². The predicted molar refractivity (Wildman–Crippen MR) is 122 cm³/mol. The molecule has 1 aromatic carbocycles. The summed E-state index contributed by atoms with van der Waals surface area (Å²) in [4.78, 5) is 22.5. The van der Waals surface area contributed by atoms with Crippen molar-refractivity contribution >= 4 is 5.91 Å². The van der Waals surface area contributed by atoms with Crippen LogP contribution >= 0.6 is 0 Å². The van der Waals surface area contributed by atoms with Crippen LogP contribution in [0.3, 0.4) is 0 Å². The number of rotatable bonds is 6. The van der Waals surface area contributed by atoms with E-state index in [0.717, 1.165) is 58.4 Å². The summed E-state index contributed by atoms with van der Waals surface area (Å²) in [6.45, 7) is 8.16. The van der Waals surface area contributed by atoms with E-state index in [1.165, 1.54) is 37.9 Å². The molecule has 3 aliphatic rings. The van der Waals surface area contributed by atoms with Crippen molar-refractivity contribution in [2.75, 3.05) is 52.9 Å². The number of carbonyl (C=O) groups is 1. The first-order chi connectivity index (χ1) is 14.7. The fourth-order valence-corrected chi connectivity index (χ4v) is 5.57. The van der Waals surface area contributed by atoms with Crippen LogP contribution in [0.25, 0.3) is 0 Å². The maximum Gasteiger partial charge on any atom is 0.236 e. The fourth-order valence-electron chi connectivity index (χ4n) is 5.57. The lowest BCUT2D eigenvalue weighted by molar-refractivity contribution is -0.134. The average molecular weight is 413 g/mol. The Morgan fingerprint density at radius 2 is 1.57 bits per heavy atom. The Morgan fingerprint density at radius 3 is 2.23 bits per heavy atom. The van der Waals surface area contributed by atoms with Gasteiger partial charge in [-0.3, -0.25) is 14.6 Å². The molecule has 1 aromatic rings. The third-order valence-corrected chi connectivity index (χ3v) is 7.54. The topological polar surface area (TPSA) is 30.0 Å². The van der Waals surface area contributed by atoms with Crippen LogP contribution in [0.15, 0.2) is 30.3 Å². The highest BCUT2D eigenvalue weighted by Gasteiger charge is 2.29. The summed E-state index contributed by atoms with van der Waals surface area (Å²) < 4.78 is 0. The minimum atomic E-state index is 0.350. The Bertz CT molecular complexity index is 644. The Hall–Kier alpha value is -1.43. The molecule has 3 heterocycles. The molecular formula is C25H40N4O. The van der Waals surface area contributed by atoms with Crippen molar-refractivity contribution in [2.45, 2.75) is 63.6 Å². The van der Waals surface area contributed by atoms with Crippen molar-refractivity contribution in [3.63, 3.8) is 0 Å². The van der Waals surface area contributed by atoms with Crippen molar-refractivity contribution in [3.8, 4) is 0 Å². The van der Waals surface area contributed by atoms with Gasteiger partial charge in [-0.15, -0.1) is 0 Å². The highest BCUT2D eigenvalue weighted by atomic mass is 16.2. The van der Waals surface area contributed by atoms with Gasteiger partial charge in [0.25, 0.3) is 0 Å². The summed E-state index contributed by atoms with van der Waals surface area (Å²) in [6.07, 6.45) is 8.76. The van der Waals surface area contributed by atoms with E-state index in [9.17, 15) is 4.79 Å². The van der Waals surface area contributed by atoms with Crippen LogP contribution in [0, 0.1) is 0 Å². The molecule has 0 unspecified atom stereocenters. The van der Waals surface area contributed by atoms with Crippen LogP contribution in [-0.2, 0) is 11.3 Å². The first-order valence-corrected chi connectivity index (χ1v) is 12.2. The van der Waals surface area contributed by atoms with E-state index in [1.807, 2.05) is 0 Å². The van der Waals surface area contributed by atoms with Crippen molar-refractivity contribution < 1.29 is 4.79 Å². The van der Waals surface area contributed by atoms with Gasteiger partial charge < -0.3 is 9.80 Å². The maximum absolute atomic E-state index is 12.9. The number of carbonyl (C=O) groups excluding carboxylic acids is 1. The molecule has 0 N–H and O–H groups in total. The van der Waals surface area contributed by atoms with Gasteiger partial charge in [0.05, 0.1) is 6.54 Å². The van der Waals surface area contributed by atoms with E-state index >= 15 is 0 Å². The Morgan fingerprint density at radius 1 is 0.900 bits per heavy atom. The normalized spacial score (nSPS) is 23.2. The minimum absolute atomic E-state index is 0.350. The number of nitrogens with zero attached hydrogens (tertiary/aromatic N) is 4.